The smallest absolute Gasteiger partial charge is 0.251 e. The Morgan fingerprint density at radius 1 is 1.11 bits per heavy atom. The van der Waals surface area contributed by atoms with Crippen molar-refractivity contribution in [2.24, 2.45) is 5.10 Å². The van der Waals surface area contributed by atoms with Crippen molar-refractivity contribution in [2.45, 2.75) is 24.8 Å². The van der Waals surface area contributed by atoms with Crippen molar-refractivity contribution >= 4 is 27.3 Å². The summed E-state index contributed by atoms with van der Waals surface area (Å²) < 4.78 is 25.7. The lowest BCUT2D eigenvalue weighted by atomic mass is 10.1. The van der Waals surface area contributed by atoms with Crippen molar-refractivity contribution < 1.29 is 13.2 Å². The lowest BCUT2D eigenvalue weighted by Gasteiger charge is -2.14. The number of nitrogens with one attached hydrogen (secondary N) is 2. The second-order valence-corrected chi connectivity index (χ2v) is 8.18. The number of hydrazone groups is 1. The summed E-state index contributed by atoms with van der Waals surface area (Å²) >= 11 is 0. The van der Waals surface area contributed by atoms with E-state index in [0.29, 0.717) is 12.1 Å². The number of sulfonamides is 1. The van der Waals surface area contributed by atoms with Crippen LogP contribution in [0.4, 0.5) is 5.69 Å². The highest BCUT2D eigenvalue weighted by Crippen LogP contribution is 2.20. The fourth-order valence-corrected chi connectivity index (χ4v) is 3.46. The normalized spacial score (nSPS) is 14.1. The van der Waals surface area contributed by atoms with Crippen molar-refractivity contribution in [3.8, 4) is 0 Å². The first-order valence-electron chi connectivity index (χ1n) is 8.61. The van der Waals surface area contributed by atoms with Gasteiger partial charge in [0, 0.05) is 30.8 Å². The Morgan fingerprint density at radius 3 is 2.33 bits per heavy atom. The number of anilines is 1. The van der Waals surface area contributed by atoms with E-state index in [1.54, 1.807) is 24.3 Å². The van der Waals surface area contributed by atoms with Crippen LogP contribution < -0.4 is 15.0 Å². The number of carbonyl (C=O) groups is 1. The maximum Gasteiger partial charge on any atom is 0.251 e. The van der Waals surface area contributed by atoms with Crippen molar-refractivity contribution in [3.05, 3.63) is 59.7 Å². The van der Waals surface area contributed by atoms with Gasteiger partial charge in [-0.3, -0.25) is 9.80 Å². The highest BCUT2D eigenvalue weighted by Gasteiger charge is 2.14. The molecule has 1 aliphatic rings. The predicted molar refractivity (Wildman–Crippen MR) is 105 cm³/mol. The number of nitrogens with zero attached hydrogens (tertiary/aromatic N) is 2. The van der Waals surface area contributed by atoms with E-state index in [2.05, 4.69) is 15.1 Å². The predicted octanol–water partition coefficient (Wildman–Crippen LogP) is 2.11. The second kappa shape index (κ2) is 7.89. The molecule has 0 aromatic heterocycles. The van der Waals surface area contributed by atoms with Gasteiger partial charge in [0.15, 0.2) is 0 Å². The average Bonchev–Trinajstić information content (AvgIpc) is 3.13. The zero-order valence-electron chi connectivity index (χ0n) is 15.3. The van der Waals surface area contributed by atoms with Crippen LogP contribution in [0.1, 0.15) is 29.3 Å². The topological polar surface area (TPSA) is 90.9 Å². The molecule has 0 saturated heterocycles. The maximum absolute atomic E-state index is 12.3. The van der Waals surface area contributed by atoms with E-state index < -0.39 is 10.0 Å². The Labute approximate surface area is 159 Å². The van der Waals surface area contributed by atoms with Gasteiger partial charge in [-0.2, -0.15) is 5.10 Å². The van der Waals surface area contributed by atoms with Crippen molar-refractivity contribution in [1.29, 1.82) is 0 Å². The quantitative estimate of drug-likeness (QED) is 0.796. The first kappa shape index (κ1) is 19.1. The van der Waals surface area contributed by atoms with Gasteiger partial charge < -0.3 is 5.32 Å². The van der Waals surface area contributed by atoms with Crippen LogP contribution in [0.15, 0.2) is 58.5 Å². The fourth-order valence-electron chi connectivity index (χ4n) is 2.73. The Kier molecular flexibility index (Phi) is 5.57. The van der Waals surface area contributed by atoms with Gasteiger partial charge in [0.05, 0.1) is 10.6 Å². The summed E-state index contributed by atoms with van der Waals surface area (Å²) in [6, 6.07) is 13.7. The number of hydrogen-bond donors (Lipinski definition) is 2. The number of rotatable bonds is 6. The first-order chi connectivity index (χ1) is 12.9. The van der Waals surface area contributed by atoms with E-state index in [9.17, 15) is 13.2 Å². The molecule has 2 N–H and O–H groups in total. The molecule has 1 aliphatic heterocycles. The Bertz CT molecular complexity index is 951. The van der Waals surface area contributed by atoms with Gasteiger partial charge in [-0.05, 0) is 55.9 Å². The van der Waals surface area contributed by atoms with Crippen LogP contribution in [-0.4, -0.2) is 33.6 Å². The molecule has 0 fully saturated rings. The third kappa shape index (κ3) is 4.53. The monoisotopic (exact) mass is 386 g/mol. The van der Waals surface area contributed by atoms with Crippen molar-refractivity contribution in [1.82, 2.24) is 10.0 Å². The minimum absolute atomic E-state index is 0.186. The molecule has 0 aliphatic carbocycles. The molecule has 1 amide bonds. The summed E-state index contributed by atoms with van der Waals surface area (Å²) in [4.78, 5) is 12.5. The summed E-state index contributed by atoms with van der Waals surface area (Å²) in [5, 5.41) is 9.21. The molecule has 3 rings (SSSR count). The minimum atomic E-state index is -3.45. The van der Waals surface area contributed by atoms with Crippen LogP contribution in [-0.2, 0) is 16.6 Å². The Hall–Kier alpha value is -2.71. The zero-order valence-corrected chi connectivity index (χ0v) is 16.1. The van der Waals surface area contributed by atoms with E-state index in [4.69, 9.17) is 0 Å². The number of benzene rings is 2. The Balaban J connectivity index is 1.59. The largest absolute Gasteiger partial charge is 0.348 e. The third-order valence-electron chi connectivity index (χ3n) is 4.36. The van der Waals surface area contributed by atoms with Gasteiger partial charge in [-0.15, -0.1) is 0 Å². The zero-order chi connectivity index (χ0) is 19.4. The van der Waals surface area contributed by atoms with Crippen LogP contribution >= 0.6 is 0 Å². The average molecular weight is 386 g/mol. The number of carbonyl (C=O) groups excluding carboxylic acids is 1. The molecule has 0 saturated carbocycles. The maximum atomic E-state index is 12.3. The van der Waals surface area contributed by atoms with Crippen LogP contribution in [0.3, 0.4) is 0 Å². The summed E-state index contributed by atoms with van der Waals surface area (Å²) in [5.74, 6) is -0.186. The lowest BCUT2D eigenvalue weighted by molar-refractivity contribution is 0.0951. The lowest BCUT2D eigenvalue weighted by Crippen LogP contribution is -2.23. The Morgan fingerprint density at radius 2 is 1.78 bits per heavy atom. The second-order valence-electron chi connectivity index (χ2n) is 6.29. The van der Waals surface area contributed by atoms with E-state index in [0.717, 1.165) is 29.9 Å². The molecule has 2 aromatic carbocycles. The van der Waals surface area contributed by atoms with Crippen molar-refractivity contribution in [3.63, 3.8) is 0 Å². The van der Waals surface area contributed by atoms with Crippen LogP contribution in [0.2, 0.25) is 0 Å². The number of amides is 1. The van der Waals surface area contributed by atoms with Crippen molar-refractivity contribution in [2.75, 3.05) is 18.6 Å². The molecular weight excluding hydrogens is 364 g/mol. The molecule has 7 nitrogen and oxygen atoms in total. The molecule has 2 aromatic rings. The summed E-state index contributed by atoms with van der Waals surface area (Å²) in [6.45, 7) is 3.18. The summed E-state index contributed by atoms with van der Waals surface area (Å²) in [5.41, 5.74) is 3.44. The minimum Gasteiger partial charge on any atom is -0.348 e. The van der Waals surface area contributed by atoms with Crippen LogP contribution in [0.25, 0.3) is 0 Å². The van der Waals surface area contributed by atoms with E-state index in [-0.39, 0.29) is 10.8 Å². The molecular formula is C19H22N4O3S. The van der Waals surface area contributed by atoms with Crippen LogP contribution in [0.5, 0.6) is 0 Å². The first-order valence-corrected chi connectivity index (χ1v) is 10.1. The molecule has 27 heavy (non-hydrogen) atoms. The van der Waals surface area contributed by atoms with E-state index >= 15 is 0 Å². The summed E-state index contributed by atoms with van der Waals surface area (Å²) in [6.07, 6.45) is 0.955. The molecule has 0 unspecified atom stereocenters. The van der Waals surface area contributed by atoms with Gasteiger partial charge in [-0.25, -0.2) is 13.1 Å². The van der Waals surface area contributed by atoms with Gasteiger partial charge in [0.2, 0.25) is 10.0 Å². The van der Waals surface area contributed by atoms with E-state index in [1.165, 1.54) is 19.2 Å². The third-order valence-corrected chi connectivity index (χ3v) is 5.79. The van der Waals surface area contributed by atoms with Crippen LogP contribution in [0, 0.1) is 0 Å². The molecule has 8 heteroatoms. The standard InChI is InChI=1S/C19H22N4O3S/c1-14-11-12-23(22-14)17-7-5-16(6-8-17)19(24)21-13-15-3-9-18(10-4-15)27(25,26)20-2/h3-10,20H,11-13H2,1-2H3,(H,21,24). The fraction of sp³-hybridized carbons (Fsp3) is 0.263. The molecule has 0 radical (unpaired) electrons. The van der Waals surface area contributed by atoms with Gasteiger partial charge in [-0.1, -0.05) is 12.1 Å². The van der Waals surface area contributed by atoms with E-state index in [1.807, 2.05) is 24.1 Å². The highest BCUT2D eigenvalue weighted by atomic mass is 32.2. The molecule has 0 atom stereocenters. The highest BCUT2D eigenvalue weighted by molar-refractivity contribution is 7.89. The molecule has 1 heterocycles. The number of hydrogen-bond acceptors (Lipinski definition) is 5. The molecule has 0 bridgehead atoms. The van der Waals surface area contributed by atoms with Gasteiger partial charge in [0.1, 0.15) is 0 Å². The molecule has 142 valence electrons. The van der Waals surface area contributed by atoms with Gasteiger partial charge >= 0.3 is 0 Å². The summed E-state index contributed by atoms with van der Waals surface area (Å²) in [7, 11) is -2.09. The SMILES string of the molecule is CNS(=O)(=O)c1ccc(CNC(=O)c2ccc(N3CCC(C)=N3)cc2)cc1. The molecule has 0 spiro atoms. The van der Waals surface area contributed by atoms with Gasteiger partial charge in [0.25, 0.3) is 5.91 Å².